The van der Waals surface area contributed by atoms with Crippen LogP contribution in [0.5, 0.6) is 0 Å². The molecule has 4 nitrogen and oxygen atoms in total. The Kier molecular flexibility index (Phi) is 8.33. The van der Waals surface area contributed by atoms with E-state index >= 15 is 0 Å². The highest BCUT2D eigenvalue weighted by Gasteiger charge is 2.18. The van der Waals surface area contributed by atoms with Gasteiger partial charge in [-0.25, -0.2) is 13.1 Å². The summed E-state index contributed by atoms with van der Waals surface area (Å²) in [6.07, 6.45) is 3.86. The predicted molar refractivity (Wildman–Crippen MR) is 91.2 cm³/mol. The third kappa shape index (κ3) is 6.38. The molecule has 1 rings (SSSR count). The van der Waals surface area contributed by atoms with E-state index < -0.39 is 10.0 Å². The van der Waals surface area contributed by atoms with Crippen molar-refractivity contribution in [2.45, 2.75) is 44.2 Å². The number of hydrogen-bond donors (Lipinski definition) is 2. The number of thioether (sulfide) groups is 1. The topological polar surface area (TPSA) is 58.2 Å². The van der Waals surface area contributed by atoms with Gasteiger partial charge in [-0.3, -0.25) is 0 Å². The molecule has 0 spiro atoms. The van der Waals surface area contributed by atoms with Gasteiger partial charge in [0.2, 0.25) is 10.0 Å². The van der Waals surface area contributed by atoms with Gasteiger partial charge in [0.05, 0.1) is 4.90 Å². The molecular weight excluding hydrogens is 304 g/mol. The summed E-state index contributed by atoms with van der Waals surface area (Å²) in [5.41, 5.74) is 1.10. The number of nitrogens with one attached hydrogen (secondary N) is 2. The molecule has 0 saturated heterocycles. The molecule has 0 aliphatic carbocycles. The molecule has 0 fully saturated rings. The van der Waals surface area contributed by atoms with E-state index in [-0.39, 0.29) is 6.04 Å². The first-order valence-corrected chi connectivity index (χ1v) is 10.2. The Labute approximate surface area is 133 Å². The molecule has 6 heteroatoms. The van der Waals surface area contributed by atoms with Crippen molar-refractivity contribution in [1.29, 1.82) is 0 Å². The van der Waals surface area contributed by atoms with Crippen LogP contribution in [-0.4, -0.2) is 33.0 Å². The van der Waals surface area contributed by atoms with Gasteiger partial charge in [-0.15, -0.1) is 0 Å². The van der Waals surface area contributed by atoms with Crippen LogP contribution in [0.25, 0.3) is 0 Å². The summed E-state index contributed by atoms with van der Waals surface area (Å²) < 4.78 is 27.4. The Balaban J connectivity index is 2.70. The van der Waals surface area contributed by atoms with Crippen molar-refractivity contribution in [3.63, 3.8) is 0 Å². The van der Waals surface area contributed by atoms with Gasteiger partial charge >= 0.3 is 0 Å². The standard InChI is InChI=1S/C15H26N2O2S2/c1-4-10-16-11-13-6-8-15(9-7-13)21(18,19)17-14(5-2)12-20-3/h6-9,14,16-17H,4-5,10-12H2,1-3H3. The summed E-state index contributed by atoms with van der Waals surface area (Å²) in [5.74, 6) is 0.786. The fourth-order valence-electron chi connectivity index (χ4n) is 1.92. The number of sulfonamides is 1. The maximum Gasteiger partial charge on any atom is 0.240 e. The summed E-state index contributed by atoms with van der Waals surface area (Å²) >= 11 is 1.65. The third-order valence-electron chi connectivity index (χ3n) is 3.17. The highest BCUT2D eigenvalue weighted by molar-refractivity contribution is 7.98. The second kappa shape index (κ2) is 9.46. The maximum atomic E-state index is 12.3. The van der Waals surface area contributed by atoms with Crippen LogP contribution >= 0.6 is 11.8 Å². The molecule has 0 bridgehead atoms. The van der Waals surface area contributed by atoms with Gasteiger partial charge in [-0.1, -0.05) is 26.0 Å². The summed E-state index contributed by atoms with van der Waals surface area (Å²) in [6, 6.07) is 7.07. The van der Waals surface area contributed by atoms with Crippen molar-refractivity contribution in [3.05, 3.63) is 29.8 Å². The van der Waals surface area contributed by atoms with E-state index in [1.165, 1.54) is 0 Å². The molecule has 0 aliphatic heterocycles. The zero-order valence-corrected chi connectivity index (χ0v) is 14.7. The van der Waals surface area contributed by atoms with Crippen molar-refractivity contribution in [1.82, 2.24) is 10.0 Å². The molecule has 0 radical (unpaired) electrons. The van der Waals surface area contributed by atoms with Gasteiger partial charge in [-0.2, -0.15) is 11.8 Å². The Morgan fingerprint density at radius 2 is 1.86 bits per heavy atom. The van der Waals surface area contributed by atoms with Crippen LogP contribution in [0.1, 0.15) is 32.3 Å². The molecule has 2 N–H and O–H groups in total. The lowest BCUT2D eigenvalue weighted by molar-refractivity contribution is 0.558. The Morgan fingerprint density at radius 3 is 2.38 bits per heavy atom. The van der Waals surface area contributed by atoms with E-state index in [2.05, 4.69) is 17.0 Å². The lowest BCUT2D eigenvalue weighted by atomic mass is 10.2. The van der Waals surface area contributed by atoms with E-state index in [0.29, 0.717) is 4.90 Å². The quantitative estimate of drug-likeness (QED) is 0.648. The van der Waals surface area contributed by atoms with Crippen LogP contribution in [0.3, 0.4) is 0 Å². The Morgan fingerprint density at radius 1 is 1.19 bits per heavy atom. The van der Waals surface area contributed by atoms with Gasteiger partial charge in [0.15, 0.2) is 0 Å². The normalized spacial score (nSPS) is 13.3. The summed E-state index contributed by atoms with van der Waals surface area (Å²) in [6.45, 7) is 5.85. The summed E-state index contributed by atoms with van der Waals surface area (Å²) in [7, 11) is -3.42. The van der Waals surface area contributed by atoms with Crippen LogP contribution < -0.4 is 10.0 Å². The second-order valence-corrected chi connectivity index (χ2v) is 7.63. The molecule has 1 aromatic rings. The van der Waals surface area contributed by atoms with Crippen LogP contribution in [-0.2, 0) is 16.6 Å². The predicted octanol–water partition coefficient (Wildman–Crippen LogP) is 2.61. The highest BCUT2D eigenvalue weighted by atomic mass is 32.2. The summed E-state index contributed by atoms with van der Waals surface area (Å²) in [4.78, 5) is 0.335. The van der Waals surface area contributed by atoms with Crippen molar-refractivity contribution < 1.29 is 8.42 Å². The average Bonchev–Trinajstić information content (AvgIpc) is 2.47. The number of rotatable bonds is 10. The van der Waals surface area contributed by atoms with Gasteiger partial charge in [0, 0.05) is 18.3 Å². The van der Waals surface area contributed by atoms with E-state index in [1.807, 2.05) is 25.3 Å². The largest absolute Gasteiger partial charge is 0.313 e. The smallest absolute Gasteiger partial charge is 0.240 e. The van der Waals surface area contributed by atoms with Crippen LogP contribution in [0.4, 0.5) is 0 Å². The van der Waals surface area contributed by atoms with E-state index in [0.717, 1.165) is 37.2 Å². The molecule has 0 aromatic heterocycles. The fourth-order valence-corrected chi connectivity index (χ4v) is 4.07. The van der Waals surface area contributed by atoms with Gasteiger partial charge in [0.25, 0.3) is 0 Å². The first kappa shape index (κ1) is 18.5. The Hall–Kier alpha value is -0.560. The van der Waals surface area contributed by atoms with Crippen molar-refractivity contribution in [2.75, 3.05) is 18.6 Å². The van der Waals surface area contributed by atoms with Crippen LogP contribution in [0.15, 0.2) is 29.2 Å². The minimum absolute atomic E-state index is 0.0177. The van der Waals surface area contributed by atoms with Gasteiger partial charge in [-0.05, 0) is 43.3 Å². The number of hydrogen-bond acceptors (Lipinski definition) is 4. The first-order chi connectivity index (χ1) is 10.0. The van der Waals surface area contributed by atoms with Gasteiger partial charge < -0.3 is 5.32 Å². The average molecular weight is 331 g/mol. The monoisotopic (exact) mass is 330 g/mol. The molecule has 0 amide bonds. The molecule has 0 aliphatic rings. The number of benzene rings is 1. The minimum atomic E-state index is -3.42. The van der Waals surface area contributed by atoms with Crippen molar-refractivity contribution in [2.24, 2.45) is 0 Å². The van der Waals surface area contributed by atoms with Crippen molar-refractivity contribution >= 4 is 21.8 Å². The first-order valence-electron chi connectivity index (χ1n) is 7.34. The Bertz CT molecular complexity index is 501. The highest BCUT2D eigenvalue weighted by Crippen LogP contribution is 2.13. The molecule has 1 atom stereocenters. The van der Waals surface area contributed by atoms with Crippen LogP contribution in [0, 0.1) is 0 Å². The van der Waals surface area contributed by atoms with Gasteiger partial charge in [0.1, 0.15) is 0 Å². The molecule has 1 unspecified atom stereocenters. The minimum Gasteiger partial charge on any atom is -0.313 e. The SMILES string of the molecule is CCCNCc1ccc(S(=O)(=O)NC(CC)CSC)cc1. The second-order valence-electron chi connectivity index (χ2n) is 5.00. The molecule has 21 heavy (non-hydrogen) atoms. The van der Waals surface area contributed by atoms with Crippen LogP contribution in [0.2, 0.25) is 0 Å². The lowest BCUT2D eigenvalue weighted by Gasteiger charge is -2.16. The lowest BCUT2D eigenvalue weighted by Crippen LogP contribution is -2.36. The molecule has 0 saturated carbocycles. The van der Waals surface area contributed by atoms with E-state index in [4.69, 9.17) is 0 Å². The van der Waals surface area contributed by atoms with E-state index in [1.54, 1.807) is 23.9 Å². The molecule has 0 heterocycles. The molecule has 120 valence electrons. The molecular formula is C15H26N2O2S2. The van der Waals surface area contributed by atoms with Crippen molar-refractivity contribution in [3.8, 4) is 0 Å². The maximum absolute atomic E-state index is 12.3. The molecule has 1 aromatic carbocycles. The summed E-state index contributed by atoms with van der Waals surface area (Å²) in [5, 5.41) is 3.30. The fraction of sp³-hybridized carbons (Fsp3) is 0.600. The zero-order valence-electron chi connectivity index (χ0n) is 13.1. The zero-order chi connectivity index (χ0) is 15.7. The van der Waals surface area contributed by atoms with E-state index in [9.17, 15) is 8.42 Å². The third-order valence-corrected chi connectivity index (χ3v) is 5.44.